The standard InChI is InChI=1S/C16H28N2S/c1-4-14-7-8-16(19-14)15(11-17)18(13-5-6-13)10-9-12(2)3/h7-8,12-13,15H,4-6,9-11,17H2,1-3H3. The van der Waals surface area contributed by atoms with Crippen LogP contribution in [0.1, 0.15) is 55.8 Å². The summed E-state index contributed by atoms with van der Waals surface area (Å²) in [6.07, 6.45) is 5.14. The minimum Gasteiger partial charge on any atom is -0.329 e. The molecule has 0 radical (unpaired) electrons. The number of nitrogens with zero attached hydrogens (tertiary/aromatic N) is 1. The van der Waals surface area contributed by atoms with Gasteiger partial charge in [0.25, 0.3) is 0 Å². The zero-order valence-electron chi connectivity index (χ0n) is 12.6. The number of hydrogen-bond acceptors (Lipinski definition) is 3. The second-order valence-corrected chi connectivity index (χ2v) is 7.26. The van der Waals surface area contributed by atoms with Gasteiger partial charge in [-0.2, -0.15) is 0 Å². The van der Waals surface area contributed by atoms with E-state index in [1.54, 1.807) is 0 Å². The maximum Gasteiger partial charge on any atom is 0.0566 e. The molecule has 3 heteroatoms. The lowest BCUT2D eigenvalue weighted by Crippen LogP contribution is -2.36. The minimum atomic E-state index is 0.441. The molecule has 0 aromatic carbocycles. The molecule has 0 bridgehead atoms. The van der Waals surface area contributed by atoms with Crippen LogP contribution in [-0.4, -0.2) is 24.0 Å². The van der Waals surface area contributed by atoms with E-state index >= 15 is 0 Å². The molecule has 1 aromatic heterocycles. The molecular formula is C16H28N2S. The highest BCUT2D eigenvalue weighted by Gasteiger charge is 2.34. The van der Waals surface area contributed by atoms with E-state index in [1.807, 2.05) is 11.3 Å². The highest BCUT2D eigenvalue weighted by molar-refractivity contribution is 7.12. The zero-order valence-corrected chi connectivity index (χ0v) is 13.4. The average Bonchev–Trinajstić information content (AvgIpc) is 3.12. The largest absolute Gasteiger partial charge is 0.329 e. The Bertz CT molecular complexity index is 382. The van der Waals surface area contributed by atoms with Crippen LogP contribution in [0.2, 0.25) is 0 Å². The smallest absolute Gasteiger partial charge is 0.0566 e. The summed E-state index contributed by atoms with van der Waals surface area (Å²) in [5.41, 5.74) is 6.09. The molecule has 2 rings (SSSR count). The van der Waals surface area contributed by atoms with Crippen LogP contribution >= 0.6 is 11.3 Å². The van der Waals surface area contributed by atoms with Gasteiger partial charge >= 0.3 is 0 Å². The molecule has 2 nitrogen and oxygen atoms in total. The van der Waals surface area contributed by atoms with Crippen molar-refractivity contribution in [1.29, 1.82) is 0 Å². The highest BCUT2D eigenvalue weighted by Crippen LogP contribution is 2.36. The van der Waals surface area contributed by atoms with Crippen molar-refractivity contribution < 1.29 is 0 Å². The third-order valence-electron chi connectivity index (χ3n) is 3.96. The van der Waals surface area contributed by atoms with Crippen LogP contribution in [0, 0.1) is 5.92 Å². The third kappa shape index (κ3) is 4.04. The van der Waals surface area contributed by atoms with E-state index in [4.69, 9.17) is 5.73 Å². The van der Waals surface area contributed by atoms with Gasteiger partial charge < -0.3 is 5.73 Å². The van der Waals surface area contributed by atoms with Crippen molar-refractivity contribution in [2.45, 2.75) is 58.5 Å². The second-order valence-electron chi connectivity index (χ2n) is 6.06. The van der Waals surface area contributed by atoms with Crippen LogP contribution in [0.25, 0.3) is 0 Å². The quantitative estimate of drug-likeness (QED) is 0.784. The normalized spacial score (nSPS) is 17.4. The molecule has 1 unspecified atom stereocenters. The summed E-state index contributed by atoms with van der Waals surface area (Å²) in [5, 5.41) is 0. The van der Waals surface area contributed by atoms with Gasteiger partial charge in [-0.25, -0.2) is 0 Å². The molecule has 0 saturated heterocycles. The zero-order chi connectivity index (χ0) is 13.8. The molecule has 1 saturated carbocycles. The Morgan fingerprint density at radius 3 is 2.58 bits per heavy atom. The minimum absolute atomic E-state index is 0.441. The first-order valence-corrected chi connectivity index (χ1v) is 8.51. The van der Waals surface area contributed by atoms with Crippen LogP contribution in [0.5, 0.6) is 0 Å². The Morgan fingerprint density at radius 1 is 1.37 bits per heavy atom. The maximum absolute atomic E-state index is 6.09. The fourth-order valence-corrected chi connectivity index (χ4v) is 3.67. The van der Waals surface area contributed by atoms with Crippen LogP contribution in [0.15, 0.2) is 12.1 Å². The summed E-state index contributed by atoms with van der Waals surface area (Å²) in [4.78, 5) is 5.62. The molecule has 0 spiro atoms. The summed E-state index contributed by atoms with van der Waals surface area (Å²) in [7, 11) is 0. The van der Waals surface area contributed by atoms with Gasteiger partial charge in [-0.3, -0.25) is 4.90 Å². The Hall–Kier alpha value is -0.380. The first kappa shape index (κ1) is 15.0. The van der Waals surface area contributed by atoms with Gasteiger partial charge in [-0.1, -0.05) is 20.8 Å². The summed E-state index contributed by atoms with van der Waals surface area (Å²) in [5.74, 6) is 0.772. The SMILES string of the molecule is CCc1ccc(C(CN)N(CCC(C)C)C2CC2)s1. The van der Waals surface area contributed by atoms with Crippen molar-refractivity contribution in [3.05, 3.63) is 21.9 Å². The number of rotatable bonds is 8. The summed E-state index contributed by atoms with van der Waals surface area (Å²) < 4.78 is 0. The van der Waals surface area contributed by atoms with Gasteiger partial charge in [0.05, 0.1) is 6.04 Å². The first-order chi connectivity index (χ1) is 9.15. The molecule has 0 aliphatic heterocycles. The fraction of sp³-hybridized carbons (Fsp3) is 0.750. The van der Waals surface area contributed by atoms with Crippen molar-refractivity contribution in [2.24, 2.45) is 11.7 Å². The van der Waals surface area contributed by atoms with Crippen LogP contribution in [0.3, 0.4) is 0 Å². The van der Waals surface area contributed by atoms with Crippen LogP contribution in [-0.2, 0) is 6.42 Å². The molecule has 1 aliphatic rings. The molecule has 108 valence electrons. The average molecular weight is 280 g/mol. The molecule has 1 aliphatic carbocycles. The van der Waals surface area contributed by atoms with E-state index in [-0.39, 0.29) is 0 Å². The van der Waals surface area contributed by atoms with Gasteiger partial charge in [0, 0.05) is 22.3 Å². The van der Waals surface area contributed by atoms with E-state index in [1.165, 1.54) is 35.6 Å². The molecule has 1 heterocycles. The molecule has 1 fully saturated rings. The van der Waals surface area contributed by atoms with Crippen molar-refractivity contribution in [3.63, 3.8) is 0 Å². The number of thiophene rings is 1. The Labute approximate surface area is 122 Å². The Balaban J connectivity index is 2.07. The molecule has 0 amide bonds. The third-order valence-corrected chi connectivity index (χ3v) is 5.29. The Kier molecular flexibility index (Phi) is 5.43. The van der Waals surface area contributed by atoms with E-state index < -0.39 is 0 Å². The first-order valence-electron chi connectivity index (χ1n) is 7.70. The lowest BCUT2D eigenvalue weighted by molar-refractivity contribution is 0.183. The van der Waals surface area contributed by atoms with Gasteiger partial charge in [-0.15, -0.1) is 11.3 Å². The summed E-state index contributed by atoms with van der Waals surface area (Å²) in [6, 6.07) is 5.80. The predicted octanol–water partition coefficient (Wildman–Crippen LogP) is 3.82. The molecule has 2 N–H and O–H groups in total. The van der Waals surface area contributed by atoms with Gasteiger partial charge in [0.2, 0.25) is 0 Å². The lowest BCUT2D eigenvalue weighted by atomic mass is 10.1. The van der Waals surface area contributed by atoms with Crippen LogP contribution in [0.4, 0.5) is 0 Å². The predicted molar refractivity (Wildman–Crippen MR) is 84.7 cm³/mol. The maximum atomic E-state index is 6.09. The lowest BCUT2D eigenvalue weighted by Gasteiger charge is -2.31. The second kappa shape index (κ2) is 6.87. The van der Waals surface area contributed by atoms with Crippen molar-refractivity contribution >= 4 is 11.3 Å². The van der Waals surface area contributed by atoms with E-state index in [0.29, 0.717) is 6.04 Å². The molecule has 1 atom stereocenters. The van der Waals surface area contributed by atoms with Gasteiger partial charge in [-0.05, 0) is 50.3 Å². The number of nitrogens with two attached hydrogens (primary N) is 1. The molecule has 1 aromatic rings. The number of aryl methyl sites for hydroxylation is 1. The Morgan fingerprint density at radius 2 is 2.11 bits per heavy atom. The fourth-order valence-electron chi connectivity index (χ4n) is 2.58. The monoisotopic (exact) mass is 280 g/mol. The summed E-state index contributed by atoms with van der Waals surface area (Å²) in [6.45, 7) is 8.79. The van der Waals surface area contributed by atoms with E-state index in [9.17, 15) is 0 Å². The van der Waals surface area contributed by atoms with E-state index in [0.717, 1.165) is 24.9 Å². The van der Waals surface area contributed by atoms with Crippen molar-refractivity contribution in [2.75, 3.05) is 13.1 Å². The van der Waals surface area contributed by atoms with Gasteiger partial charge in [0.1, 0.15) is 0 Å². The highest BCUT2D eigenvalue weighted by atomic mass is 32.1. The molecule has 19 heavy (non-hydrogen) atoms. The van der Waals surface area contributed by atoms with Gasteiger partial charge in [0.15, 0.2) is 0 Å². The summed E-state index contributed by atoms with van der Waals surface area (Å²) >= 11 is 1.95. The van der Waals surface area contributed by atoms with Crippen molar-refractivity contribution in [1.82, 2.24) is 4.90 Å². The van der Waals surface area contributed by atoms with E-state index in [2.05, 4.69) is 37.8 Å². The van der Waals surface area contributed by atoms with Crippen LogP contribution < -0.4 is 5.73 Å². The number of hydrogen-bond donors (Lipinski definition) is 1. The topological polar surface area (TPSA) is 29.3 Å². The van der Waals surface area contributed by atoms with Crippen molar-refractivity contribution in [3.8, 4) is 0 Å². The molecular weight excluding hydrogens is 252 g/mol.